The van der Waals surface area contributed by atoms with Gasteiger partial charge in [0.05, 0.1) is 19.2 Å². The topological polar surface area (TPSA) is 78.0 Å². The number of H-pyrrole nitrogens is 1. The first-order chi connectivity index (χ1) is 15.8. The number of rotatable bonds is 5. The summed E-state index contributed by atoms with van der Waals surface area (Å²) in [5, 5.41) is 11.5. The number of benzene rings is 1. The first kappa shape index (κ1) is 23.9. The molecule has 2 N–H and O–H groups in total. The lowest BCUT2D eigenvalue weighted by Gasteiger charge is -2.43. The fourth-order valence-corrected chi connectivity index (χ4v) is 5.55. The number of hydrogen-bond acceptors (Lipinski definition) is 5. The van der Waals surface area contributed by atoms with Crippen LogP contribution in [0.5, 0.6) is 5.75 Å². The van der Waals surface area contributed by atoms with Gasteiger partial charge in [-0.2, -0.15) is 0 Å². The van der Waals surface area contributed by atoms with Gasteiger partial charge in [-0.15, -0.1) is 0 Å². The van der Waals surface area contributed by atoms with Crippen molar-refractivity contribution in [3.8, 4) is 5.75 Å². The van der Waals surface area contributed by atoms with Crippen LogP contribution in [0.2, 0.25) is 0 Å². The molecule has 1 amide bonds. The lowest BCUT2D eigenvalue weighted by Crippen LogP contribution is -2.51. The minimum absolute atomic E-state index is 0.162. The number of aromatic amines is 1. The number of nitrogens with one attached hydrogen (secondary N) is 1. The minimum Gasteiger partial charge on any atom is -0.495 e. The first-order valence-electron chi connectivity index (χ1n) is 12.3. The molecule has 2 aromatic rings. The van der Waals surface area contributed by atoms with E-state index in [1.165, 1.54) is 10.9 Å². The van der Waals surface area contributed by atoms with Crippen molar-refractivity contribution in [1.82, 2.24) is 14.8 Å². The molecule has 33 heavy (non-hydrogen) atoms. The van der Waals surface area contributed by atoms with Crippen LogP contribution in [0.3, 0.4) is 0 Å². The van der Waals surface area contributed by atoms with E-state index >= 15 is 0 Å². The third kappa shape index (κ3) is 5.30. The van der Waals surface area contributed by atoms with Crippen molar-refractivity contribution in [2.75, 3.05) is 39.9 Å². The molecule has 2 fully saturated rings. The Morgan fingerprint density at radius 1 is 1.15 bits per heavy atom. The van der Waals surface area contributed by atoms with E-state index in [0.29, 0.717) is 24.9 Å². The second-order valence-electron chi connectivity index (χ2n) is 10.5. The molecule has 0 bridgehead atoms. The van der Waals surface area contributed by atoms with Crippen molar-refractivity contribution in [1.29, 1.82) is 0 Å². The number of carbonyl (C=O) groups is 1. The van der Waals surface area contributed by atoms with Crippen molar-refractivity contribution in [3.05, 3.63) is 30.0 Å². The molecule has 182 valence electrons. The number of aliphatic hydroxyl groups is 1. The molecule has 4 rings (SSSR count). The van der Waals surface area contributed by atoms with Gasteiger partial charge in [-0.25, -0.2) is 4.79 Å². The number of fused-ring (bicyclic) bond motifs is 1. The highest BCUT2D eigenvalue weighted by molar-refractivity contribution is 5.88. The van der Waals surface area contributed by atoms with Gasteiger partial charge >= 0.3 is 6.09 Å². The molecular formula is C26H39N3O4. The van der Waals surface area contributed by atoms with Gasteiger partial charge in [0.15, 0.2) is 0 Å². The molecular weight excluding hydrogens is 418 g/mol. The Kier molecular flexibility index (Phi) is 7.19. The predicted octanol–water partition coefficient (Wildman–Crippen LogP) is 4.36. The normalized spacial score (nSPS) is 20.2. The summed E-state index contributed by atoms with van der Waals surface area (Å²) < 4.78 is 11.0. The third-order valence-electron chi connectivity index (χ3n) is 7.29. The molecule has 7 nitrogen and oxygen atoms in total. The zero-order valence-corrected chi connectivity index (χ0v) is 20.5. The van der Waals surface area contributed by atoms with Crippen LogP contribution in [0.15, 0.2) is 24.4 Å². The highest BCUT2D eigenvalue weighted by Crippen LogP contribution is 2.37. The monoisotopic (exact) mass is 457 g/mol. The molecule has 0 saturated carbocycles. The number of aromatic nitrogens is 1. The van der Waals surface area contributed by atoms with Crippen LogP contribution in [0.25, 0.3) is 10.9 Å². The smallest absolute Gasteiger partial charge is 0.410 e. The molecule has 0 radical (unpaired) electrons. The molecule has 7 heteroatoms. The van der Waals surface area contributed by atoms with Crippen LogP contribution in [0, 0.1) is 5.92 Å². The zero-order chi connectivity index (χ0) is 23.6. The molecule has 1 atom stereocenters. The summed E-state index contributed by atoms with van der Waals surface area (Å²) in [6.45, 7) is 9.23. The van der Waals surface area contributed by atoms with Crippen LogP contribution in [0.1, 0.15) is 57.9 Å². The molecule has 2 aliphatic rings. The summed E-state index contributed by atoms with van der Waals surface area (Å²) in [6.07, 6.45) is 5.90. The predicted molar refractivity (Wildman–Crippen MR) is 130 cm³/mol. The quantitative estimate of drug-likeness (QED) is 0.697. The van der Waals surface area contributed by atoms with E-state index in [1.54, 1.807) is 7.11 Å². The number of hydrogen-bond donors (Lipinski definition) is 2. The maximum absolute atomic E-state index is 12.4. The summed E-state index contributed by atoms with van der Waals surface area (Å²) in [5.41, 5.74) is 1.97. The van der Waals surface area contributed by atoms with Gasteiger partial charge in [-0.05, 0) is 83.0 Å². The lowest BCUT2D eigenvalue weighted by atomic mass is 9.85. The Morgan fingerprint density at radius 3 is 2.45 bits per heavy atom. The summed E-state index contributed by atoms with van der Waals surface area (Å²) in [5.74, 6) is 1.80. The zero-order valence-electron chi connectivity index (χ0n) is 20.5. The van der Waals surface area contributed by atoms with Crippen LogP contribution >= 0.6 is 0 Å². The molecule has 1 unspecified atom stereocenters. The Bertz CT molecular complexity index is 935. The van der Waals surface area contributed by atoms with E-state index in [4.69, 9.17) is 9.47 Å². The first-order valence-corrected chi connectivity index (χ1v) is 12.3. The van der Waals surface area contributed by atoms with Gasteiger partial charge in [0.25, 0.3) is 0 Å². The molecule has 0 spiro atoms. The lowest BCUT2D eigenvalue weighted by molar-refractivity contribution is 0.00468. The SMILES string of the molecule is COc1cccc2c(C3CCN(C(CO)C4CCN(C(=O)OC(C)(C)C)CC4)CC3)c[nH]c12. The van der Waals surface area contributed by atoms with E-state index in [2.05, 4.69) is 28.2 Å². The van der Waals surface area contributed by atoms with Crippen LogP contribution < -0.4 is 4.74 Å². The number of aliphatic hydroxyl groups excluding tert-OH is 1. The van der Waals surface area contributed by atoms with Gasteiger partial charge in [-0.1, -0.05) is 12.1 Å². The molecule has 1 aromatic carbocycles. The fraction of sp³-hybridized carbons (Fsp3) is 0.654. The largest absolute Gasteiger partial charge is 0.495 e. The van der Waals surface area contributed by atoms with Gasteiger partial charge < -0.3 is 24.5 Å². The Hall–Kier alpha value is -2.25. The van der Waals surface area contributed by atoms with Crippen molar-refractivity contribution in [2.24, 2.45) is 5.92 Å². The second-order valence-corrected chi connectivity index (χ2v) is 10.5. The van der Waals surface area contributed by atoms with Crippen LogP contribution in [-0.4, -0.2) is 77.5 Å². The third-order valence-corrected chi connectivity index (χ3v) is 7.29. The van der Waals surface area contributed by atoms with Crippen LogP contribution in [-0.2, 0) is 4.74 Å². The number of likely N-dealkylation sites (tertiary alicyclic amines) is 2. The average molecular weight is 458 g/mol. The number of para-hydroxylation sites is 1. The van der Waals surface area contributed by atoms with Gasteiger partial charge in [0.1, 0.15) is 11.4 Å². The summed E-state index contributed by atoms with van der Waals surface area (Å²) in [7, 11) is 1.71. The molecule has 3 heterocycles. The second kappa shape index (κ2) is 9.94. The Balaban J connectivity index is 1.33. The summed E-state index contributed by atoms with van der Waals surface area (Å²) in [6, 6.07) is 6.38. The molecule has 2 saturated heterocycles. The summed E-state index contributed by atoms with van der Waals surface area (Å²) in [4.78, 5) is 20.1. The van der Waals surface area contributed by atoms with Gasteiger partial charge in [0.2, 0.25) is 0 Å². The van der Waals surface area contributed by atoms with Crippen molar-refractivity contribution in [3.63, 3.8) is 0 Å². The highest BCUT2D eigenvalue weighted by atomic mass is 16.6. The molecule has 0 aliphatic carbocycles. The number of ether oxygens (including phenoxy) is 2. The van der Waals surface area contributed by atoms with E-state index in [1.807, 2.05) is 31.7 Å². The minimum atomic E-state index is -0.470. The average Bonchev–Trinajstić information content (AvgIpc) is 3.24. The molecule has 1 aromatic heterocycles. The number of methoxy groups -OCH3 is 1. The summed E-state index contributed by atoms with van der Waals surface area (Å²) >= 11 is 0. The van der Waals surface area contributed by atoms with E-state index in [-0.39, 0.29) is 18.7 Å². The number of nitrogens with zero attached hydrogens (tertiary/aromatic N) is 2. The van der Waals surface area contributed by atoms with Gasteiger partial charge in [0, 0.05) is 30.7 Å². The maximum atomic E-state index is 12.4. The van der Waals surface area contributed by atoms with E-state index in [0.717, 1.165) is 50.0 Å². The number of amides is 1. The Morgan fingerprint density at radius 2 is 1.85 bits per heavy atom. The van der Waals surface area contributed by atoms with E-state index < -0.39 is 5.60 Å². The maximum Gasteiger partial charge on any atom is 0.410 e. The number of piperidine rings is 2. The number of carbonyl (C=O) groups excluding carboxylic acids is 1. The van der Waals surface area contributed by atoms with Crippen molar-refractivity contribution < 1.29 is 19.4 Å². The van der Waals surface area contributed by atoms with Crippen molar-refractivity contribution >= 4 is 17.0 Å². The standard InChI is InChI=1S/C26H39N3O4/c1-26(2,3)33-25(31)29-14-10-19(11-15-29)22(17-30)28-12-8-18(9-13-28)21-16-27-24-20(21)6-5-7-23(24)32-4/h5-7,16,18-19,22,27,30H,8-15,17H2,1-4H3. The van der Waals surface area contributed by atoms with Crippen molar-refractivity contribution in [2.45, 2.75) is 64.0 Å². The van der Waals surface area contributed by atoms with Crippen LogP contribution in [0.4, 0.5) is 4.79 Å². The Labute approximate surface area is 197 Å². The highest BCUT2D eigenvalue weighted by Gasteiger charge is 2.35. The van der Waals surface area contributed by atoms with E-state index in [9.17, 15) is 9.90 Å². The fourth-order valence-electron chi connectivity index (χ4n) is 5.55. The molecule has 2 aliphatic heterocycles. The van der Waals surface area contributed by atoms with Gasteiger partial charge in [-0.3, -0.25) is 4.90 Å².